The molecule has 2 rings (SSSR count). The van der Waals surface area contributed by atoms with E-state index in [1.165, 1.54) is 26.9 Å². The lowest BCUT2D eigenvalue weighted by molar-refractivity contribution is -0.130. The third-order valence-electron chi connectivity index (χ3n) is 4.42. The molecule has 0 saturated heterocycles. The minimum atomic E-state index is -0.525. The second kappa shape index (κ2) is 7.64. The first-order valence-electron chi connectivity index (χ1n) is 8.47. The van der Waals surface area contributed by atoms with Crippen molar-refractivity contribution in [1.82, 2.24) is 9.88 Å². The maximum Gasteiger partial charge on any atom is 0.339 e. The summed E-state index contributed by atoms with van der Waals surface area (Å²) in [7, 11) is 1.30. The largest absolute Gasteiger partial charge is 0.465 e. The zero-order valence-corrected chi connectivity index (χ0v) is 14.9. The van der Waals surface area contributed by atoms with Crippen LogP contribution in [0, 0.1) is 12.8 Å². The highest BCUT2D eigenvalue weighted by molar-refractivity contribution is 6.01. The molecule has 0 aliphatic heterocycles. The van der Waals surface area contributed by atoms with Crippen molar-refractivity contribution < 1.29 is 19.1 Å². The molecule has 1 aromatic heterocycles. The molecule has 24 heavy (non-hydrogen) atoms. The maximum atomic E-state index is 12.7. The fourth-order valence-electron chi connectivity index (χ4n) is 2.98. The van der Waals surface area contributed by atoms with Crippen LogP contribution in [0.15, 0.2) is 0 Å². The molecule has 6 heteroatoms. The molecule has 0 radical (unpaired) electrons. The van der Waals surface area contributed by atoms with Crippen LogP contribution >= 0.6 is 0 Å². The summed E-state index contributed by atoms with van der Waals surface area (Å²) in [5.41, 5.74) is 1.68. The number of hydrogen-bond donors (Lipinski definition) is 1. The van der Waals surface area contributed by atoms with Crippen LogP contribution in [-0.4, -0.2) is 47.7 Å². The van der Waals surface area contributed by atoms with Crippen LogP contribution in [0.2, 0.25) is 0 Å². The average Bonchev–Trinajstić information content (AvgIpc) is 3.29. The summed E-state index contributed by atoms with van der Waals surface area (Å²) in [4.78, 5) is 41.3. The van der Waals surface area contributed by atoms with E-state index < -0.39 is 5.97 Å². The number of carbonyl (C=O) groups is 3. The zero-order chi connectivity index (χ0) is 17.9. The molecule has 132 valence electrons. The Kier molecular flexibility index (Phi) is 5.80. The number of hydrogen-bond acceptors (Lipinski definition) is 4. The Morgan fingerprint density at radius 1 is 1.29 bits per heavy atom. The normalized spacial score (nSPS) is 13.7. The van der Waals surface area contributed by atoms with Crippen molar-refractivity contribution in [3.63, 3.8) is 0 Å². The second-order valence-electron chi connectivity index (χ2n) is 6.49. The van der Waals surface area contributed by atoms with Crippen LogP contribution in [0.3, 0.4) is 0 Å². The second-order valence-corrected chi connectivity index (χ2v) is 6.49. The maximum absolute atomic E-state index is 12.7. The number of rotatable bonds is 8. The highest BCUT2D eigenvalue weighted by atomic mass is 16.5. The minimum absolute atomic E-state index is 0.0229. The number of Topliss-reactive ketones (excluding diaryl/α,β-unsaturated/α-hetero) is 1. The standard InChI is InChI=1S/C18H26N2O4/c1-5-8-20(10-13-6-7-13)15(22)9-14-16(18(23)24-4)11(2)17(19-14)12(3)21/h13,19H,5-10H2,1-4H3. The van der Waals surface area contributed by atoms with Crippen molar-refractivity contribution in [2.24, 2.45) is 5.92 Å². The van der Waals surface area contributed by atoms with Crippen molar-refractivity contribution >= 4 is 17.7 Å². The number of esters is 1. The molecule has 1 saturated carbocycles. The van der Waals surface area contributed by atoms with E-state index in [1.807, 2.05) is 11.8 Å². The van der Waals surface area contributed by atoms with Gasteiger partial charge in [0.1, 0.15) is 0 Å². The van der Waals surface area contributed by atoms with Gasteiger partial charge in [-0.3, -0.25) is 9.59 Å². The third kappa shape index (κ3) is 4.04. The Balaban J connectivity index is 2.25. The molecule has 1 aliphatic rings. The lowest BCUT2D eigenvalue weighted by atomic mass is 10.1. The van der Waals surface area contributed by atoms with Gasteiger partial charge in [0.15, 0.2) is 5.78 Å². The number of carbonyl (C=O) groups excluding carboxylic acids is 3. The molecule has 1 aliphatic carbocycles. The smallest absolute Gasteiger partial charge is 0.339 e. The van der Waals surface area contributed by atoms with Crippen molar-refractivity contribution in [2.75, 3.05) is 20.2 Å². The summed E-state index contributed by atoms with van der Waals surface area (Å²) < 4.78 is 4.82. The Bertz CT molecular complexity index is 644. The van der Waals surface area contributed by atoms with Gasteiger partial charge in [-0.2, -0.15) is 0 Å². The Labute approximate surface area is 142 Å². The summed E-state index contributed by atoms with van der Waals surface area (Å²) >= 11 is 0. The number of nitrogens with one attached hydrogen (secondary N) is 1. The molecule has 0 bridgehead atoms. The summed E-state index contributed by atoms with van der Waals surface area (Å²) in [6.45, 7) is 6.66. The molecular weight excluding hydrogens is 308 g/mol. The van der Waals surface area contributed by atoms with Crippen molar-refractivity contribution in [2.45, 2.75) is 46.5 Å². The number of amides is 1. The van der Waals surface area contributed by atoms with Gasteiger partial charge in [-0.25, -0.2) is 4.79 Å². The van der Waals surface area contributed by atoms with Gasteiger partial charge in [-0.1, -0.05) is 6.92 Å². The number of ketones is 1. The van der Waals surface area contributed by atoms with Crippen molar-refractivity contribution in [1.29, 1.82) is 0 Å². The quantitative estimate of drug-likeness (QED) is 0.585. The van der Waals surface area contributed by atoms with Crippen molar-refractivity contribution in [3.8, 4) is 0 Å². The zero-order valence-electron chi connectivity index (χ0n) is 14.9. The molecule has 0 spiro atoms. The summed E-state index contributed by atoms with van der Waals surface area (Å²) in [5.74, 6) is -0.105. The topological polar surface area (TPSA) is 79.5 Å². The molecule has 1 aromatic rings. The fourth-order valence-corrected chi connectivity index (χ4v) is 2.98. The Hall–Kier alpha value is -2.11. The summed E-state index contributed by atoms with van der Waals surface area (Å²) in [5, 5.41) is 0. The molecule has 6 nitrogen and oxygen atoms in total. The van der Waals surface area contributed by atoms with E-state index >= 15 is 0 Å². The van der Waals surface area contributed by atoms with Gasteiger partial charge < -0.3 is 14.6 Å². The lowest BCUT2D eigenvalue weighted by Gasteiger charge is -2.22. The monoisotopic (exact) mass is 334 g/mol. The summed E-state index contributed by atoms with van der Waals surface area (Å²) in [6, 6.07) is 0. The third-order valence-corrected chi connectivity index (χ3v) is 4.42. The number of ether oxygens (including phenoxy) is 1. The van der Waals surface area contributed by atoms with Gasteiger partial charge in [-0.15, -0.1) is 0 Å². The van der Waals surface area contributed by atoms with Crippen LogP contribution in [0.25, 0.3) is 0 Å². The van der Waals surface area contributed by atoms with Gasteiger partial charge in [0.05, 0.1) is 24.8 Å². The molecule has 1 amide bonds. The number of nitrogens with zero attached hydrogens (tertiary/aromatic N) is 1. The van der Waals surface area contributed by atoms with Crippen LogP contribution in [0.4, 0.5) is 0 Å². The number of H-pyrrole nitrogens is 1. The van der Waals surface area contributed by atoms with Crippen LogP contribution < -0.4 is 0 Å². The first kappa shape index (κ1) is 18.2. The van der Waals surface area contributed by atoms with Gasteiger partial charge in [0.25, 0.3) is 0 Å². The summed E-state index contributed by atoms with van der Waals surface area (Å²) in [6.07, 6.45) is 3.32. The molecule has 1 N–H and O–H groups in total. The van der Waals surface area contributed by atoms with E-state index in [1.54, 1.807) is 6.92 Å². The molecule has 1 heterocycles. The van der Waals surface area contributed by atoms with Crippen LogP contribution in [-0.2, 0) is 16.0 Å². The highest BCUT2D eigenvalue weighted by Gasteiger charge is 2.29. The van der Waals surface area contributed by atoms with Crippen LogP contribution in [0.5, 0.6) is 0 Å². The Morgan fingerprint density at radius 2 is 1.96 bits per heavy atom. The highest BCUT2D eigenvalue weighted by Crippen LogP contribution is 2.30. The minimum Gasteiger partial charge on any atom is -0.465 e. The number of aromatic nitrogens is 1. The fraction of sp³-hybridized carbons (Fsp3) is 0.611. The molecule has 0 atom stereocenters. The van der Waals surface area contributed by atoms with E-state index in [9.17, 15) is 14.4 Å². The molecular formula is C18H26N2O4. The first-order chi connectivity index (χ1) is 11.4. The first-order valence-corrected chi connectivity index (χ1v) is 8.47. The molecule has 0 aromatic carbocycles. The number of aromatic amines is 1. The Morgan fingerprint density at radius 3 is 2.46 bits per heavy atom. The molecule has 0 unspecified atom stereocenters. The number of methoxy groups -OCH3 is 1. The van der Waals surface area contributed by atoms with E-state index in [0.29, 0.717) is 35.0 Å². The SMILES string of the molecule is CCCN(CC1CC1)C(=O)Cc1[nH]c(C(C)=O)c(C)c1C(=O)OC. The van der Waals surface area contributed by atoms with Gasteiger partial charge in [-0.05, 0) is 37.7 Å². The average molecular weight is 334 g/mol. The van der Waals surface area contributed by atoms with E-state index in [2.05, 4.69) is 4.98 Å². The van der Waals surface area contributed by atoms with E-state index in [0.717, 1.165) is 13.0 Å². The lowest BCUT2D eigenvalue weighted by Crippen LogP contribution is -2.35. The van der Waals surface area contributed by atoms with Gasteiger partial charge in [0, 0.05) is 25.7 Å². The van der Waals surface area contributed by atoms with Gasteiger partial charge >= 0.3 is 5.97 Å². The molecule has 1 fully saturated rings. The predicted molar refractivity (Wildman–Crippen MR) is 90.2 cm³/mol. The van der Waals surface area contributed by atoms with E-state index in [-0.39, 0.29) is 18.1 Å². The van der Waals surface area contributed by atoms with Crippen molar-refractivity contribution in [3.05, 3.63) is 22.5 Å². The van der Waals surface area contributed by atoms with E-state index in [4.69, 9.17) is 4.74 Å². The van der Waals surface area contributed by atoms with Gasteiger partial charge in [0.2, 0.25) is 5.91 Å². The predicted octanol–water partition coefficient (Wildman–Crippen LogP) is 2.50. The van der Waals surface area contributed by atoms with Crippen LogP contribution in [0.1, 0.15) is 65.2 Å².